The summed E-state index contributed by atoms with van der Waals surface area (Å²) in [6.07, 6.45) is -8.72. The lowest BCUT2D eigenvalue weighted by Crippen LogP contribution is -2.51. The van der Waals surface area contributed by atoms with Crippen LogP contribution in [0.15, 0.2) is 36.4 Å². The number of urea groups is 1. The monoisotopic (exact) mass is 609 g/mol. The number of halogens is 8. The largest absolute Gasteiger partial charge is 0.416 e. The van der Waals surface area contributed by atoms with Gasteiger partial charge in [-0.1, -0.05) is 6.07 Å². The molecule has 3 rings (SSSR count). The molecule has 2 aromatic carbocycles. The topological polar surface area (TPSA) is 52.7 Å². The molecule has 5 nitrogen and oxygen atoms in total. The number of aryl methyl sites for hydroxylation is 1. The Morgan fingerprint density at radius 1 is 1.07 bits per heavy atom. The van der Waals surface area contributed by atoms with Gasteiger partial charge in [0.2, 0.25) is 5.91 Å². The number of nitrogens with one attached hydrogen (secondary N) is 1. The Kier molecular flexibility index (Phi) is 10.2. The number of piperidine rings is 1. The zero-order chi connectivity index (χ0) is 30.7. The van der Waals surface area contributed by atoms with Crippen LogP contribution in [0.5, 0.6) is 0 Å². The summed E-state index contributed by atoms with van der Waals surface area (Å²) >= 11 is 5.67. The Hall–Kier alpha value is -3.02. The predicted molar refractivity (Wildman–Crippen MR) is 140 cm³/mol. The van der Waals surface area contributed by atoms with Crippen LogP contribution in [0.3, 0.4) is 0 Å². The van der Waals surface area contributed by atoms with Crippen LogP contribution in [0.25, 0.3) is 0 Å². The van der Waals surface area contributed by atoms with Gasteiger partial charge in [0, 0.05) is 31.9 Å². The van der Waals surface area contributed by atoms with Crippen molar-refractivity contribution in [2.24, 2.45) is 0 Å². The summed E-state index contributed by atoms with van der Waals surface area (Å²) in [5, 5.41) is 2.93. The first-order chi connectivity index (χ1) is 19.0. The van der Waals surface area contributed by atoms with E-state index in [-0.39, 0.29) is 43.0 Å². The van der Waals surface area contributed by atoms with Crippen molar-refractivity contribution in [3.05, 3.63) is 70.0 Å². The van der Waals surface area contributed by atoms with Crippen molar-refractivity contribution in [2.75, 3.05) is 19.5 Å². The van der Waals surface area contributed by atoms with Crippen LogP contribution in [0.1, 0.15) is 72.5 Å². The molecule has 0 saturated carbocycles. The normalized spacial score (nSPS) is 18.7. The number of carbonyl (C=O) groups is 2. The molecule has 2 aromatic rings. The minimum absolute atomic E-state index is 0.0393. The Labute approximate surface area is 238 Å². The first-order valence-corrected chi connectivity index (χ1v) is 13.5. The summed E-state index contributed by atoms with van der Waals surface area (Å²) in [7, 11) is 1.30. The molecule has 1 aliphatic rings. The quantitative estimate of drug-likeness (QED) is 0.259. The molecule has 1 fully saturated rings. The van der Waals surface area contributed by atoms with Crippen LogP contribution < -0.4 is 5.32 Å². The van der Waals surface area contributed by atoms with E-state index in [2.05, 4.69) is 5.32 Å². The first kappa shape index (κ1) is 32.5. The molecule has 0 aromatic heterocycles. The standard InChI is InChI=1S/C28H31ClF7N3O2/c1-16-11-21(30)6-7-23(16)24-15-22(37-25(40)5-4-9-29)8-10-39(24)26(41)38(3)17(2)18-12-19(27(31,32)33)14-20(13-18)28(34,35)36/h6-7,11-14,17,22,24H,4-5,8-10,15H2,1-3H3,(H,37,40)/t17?,22-,24+/m0/s1. The maximum absolute atomic E-state index is 13.9. The summed E-state index contributed by atoms with van der Waals surface area (Å²) in [5.41, 5.74) is -2.12. The molecule has 3 amide bonds. The summed E-state index contributed by atoms with van der Waals surface area (Å²) in [4.78, 5) is 28.6. The molecule has 1 saturated heterocycles. The molecule has 1 unspecified atom stereocenters. The van der Waals surface area contributed by atoms with Crippen LogP contribution in [0, 0.1) is 12.7 Å². The number of benzene rings is 2. The number of nitrogens with zero attached hydrogens (tertiary/aromatic N) is 2. The first-order valence-electron chi connectivity index (χ1n) is 13.0. The minimum atomic E-state index is -5.03. The van der Waals surface area contributed by atoms with Crippen molar-refractivity contribution in [1.82, 2.24) is 15.1 Å². The molecule has 0 bridgehead atoms. The highest BCUT2D eigenvalue weighted by atomic mass is 35.5. The number of likely N-dealkylation sites (tertiary alicyclic amines) is 1. The molecule has 13 heteroatoms. The smallest absolute Gasteiger partial charge is 0.353 e. The average molecular weight is 610 g/mol. The molecule has 226 valence electrons. The highest BCUT2D eigenvalue weighted by Gasteiger charge is 2.39. The second kappa shape index (κ2) is 12.9. The second-order valence-corrected chi connectivity index (χ2v) is 10.6. The number of rotatable bonds is 7. The Balaban J connectivity index is 1.93. The maximum atomic E-state index is 13.9. The zero-order valence-electron chi connectivity index (χ0n) is 22.7. The van der Waals surface area contributed by atoms with Crippen LogP contribution in [-0.2, 0) is 17.1 Å². The van der Waals surface area contributed by atoms with Gasteiger partial charge in [-0.15, -0.1) is 11.6 Å². The third kappa shape index (κ3) is 8.05. The van der Waals surface area contributed by atoms with E-state index < -0.39 is 47.4 Å². The van der Waals surface area contributed by atoms with E-state index >= 15 is 0 Å². The van der Waals surface area contributed by atoms with E-state index in [0.717, 1.165) is 4.90 Å². The molecule has 3 atom stereocenters. The second-order valence-electron chi connectivity index (χ2n) is 10.2. The van der Waals surface area contributed by atoms with Crippen molar-refractivity contribution in [3.63, 3.8) is 0 Å². The van der Waals surface area contributed by atoms with Crippen molar-refractivity contribution in [1.29, 1.82) is 0 Å². The Bertz CT molecular complexity index is 1220. The maximum Gasteiger partial charge on any atom is 0.416 e. The number of carbonyl (C=O) groups excluding carboxylic acids is 2. The third-order valence-corrected chi connectivity index (χ3v) is 7.58. The van der Waals surface area contributed by atoms with Gasteiger partial charge in [0.25, 0.3) is 0 Å². The van der Waals surface area contributed by atoms with Gasteiger partial charge in [0.15, 0.2) is 0 Å². The minimum Gasteiger partial charge on any atom is -0.353 e. The van der Waals surface area contributed by atoms with Crippen molar-refractivity contribution >= 4 is 23.5 Å². The van der Waals surface area contributed by atoms with E-state index in [1.807, 2.05) is 0 Å². The Morgan fingerprint density at radius 3 is 2.22 bits per heavy atom. The molecular formula is C28H31ClF7N3O2. The van der Waals surface area contributed by atoms with E-state index in [0.29, 0.717) is 42.0 Å². The number of alkyl halides is 7. The van der Waals surface area contributed by atoms with Gasteiger partial charge in [-0.25, -0.2) is 9.18 Å². The lowest BCUT2D eigenvalue weighted by Gasteiger charge is -2.43. The third-order valence-electron chi connectivity index (χ3n) is 7.32. The molecule has 41 heavy (non-hydrogen) atoms. The molecule has 0 radical (unpaired) electrons. The van der Waals surface area contributed by atoms with Gasteiger partial charge >= 0.3 is 18.4 Å². The van der Waals surface area contributed by atoms with Crippen LogP contribution in [-0.4, -0.2) is 47.3 Å². The number of hydrogen-bond acceptors (Lipinski definition) is 2. The van der Waals surface area contributed by atoms with E-state index in [1.165, 1.54) is 37.1 Å². The molecule has 0 spiro atoms. The van der Waals surface area contributed by atoms with Gasteiger partial charge in [-0.3, -0.25) is 4.79 Å². The van der Waals surface area contributed by atoms with Crippen molar-refractivity contribution in [3.8, 4) is 0 Å². The average Bonchev–Trinajstić information content (AvgIpc) is 2.89. The molecule has 1 N–H and O–H groups in total. The van der Waals surface area contributed by atoms with Crippen molar-refractivity contribution in [2.45, 2.75) is 70.0 Å². The fraction of sp³-hybridized carbons (Fsp3) is 0.500. The fourth-order valence-electron chi connectivity index (χ4n) is 4.97. The van der Waals surface area contributed by atoms with Crippen LogP contribution in [0.4, 0.5) is 35.5 Å². The number of amides is 3. The van der Waals surface area contributed by atoms with Gasteiger partial charge in [0.05, 0.1) is 23.2 Å². The van der Waals surface area contributed by atoms with Crippen molar-refractivity contribution < 1.29 is 40.3 Å². The summed E-state index contributed by atoms with van der Waals surface area (Å²) in [6, 6.07) is 2.56. The lowest BCUT2D eigenvalue weighted by molar-refractivity contribution is -0.143. The molecule has 1 aliphatic heterocycles. The van der Waals surface area contributed by atoms with Gasteiger partial charge in [-0.05, 0) is 80.1 Å². The van der Waals surface area contributed by atoms with E-state index in [4.69, 9.17) is 11.6 Å². The van der Waals surface area contributed by atoms with Crippen LogP contribution in [0.2, 0.25) is 0 Å². The summed E-state index contributed by atoms with van der Waals surface area (Å²) < 4.78 is 94.5. The summed E-state index contributed by atoms with van der Waals surface area (Å²) in [5.74, 6) is -0.374. The van der Waals surface area contributed by atoms with Gasteiger partial charge in [0.1, 0.15) is 5.82 Å². The molecular weight excluding hydrogens is 579 g/mol. The van der Waals surface area contributed by atoms with Gasteiger partial charge in [-0.2, -0.15) is 26.3 Å². The zero-order valence-corrected chi connectivity index (χ0v) is 23.4. The summed E-state index contributed by atoms with van der Waals surface area (Å²) in [6.45, 7) is 3.14. The highest BCUT2D eigenvalue weighted by Crippen LogP contribution is 2.39. The fourth-order valence-corrected chi connectivity index (χ4v) is 5.11. The van der Waals surface area contributed by atoms with Crippen LogP contribution >= 0.6 is 11.6 Å². The molecule has 1 heterocycles. The Morgan fingerprint density at radius 2 is 1.68 bits per heavy atom. The van der Waals surface area contributed by atoms with Gasteiger partial charge < -0.3 is 15.1 Å². The lowest BCUT2D eigenvalue weighted by atomic mass is 9.89. The SMILES string of the molecule is Cc1cc(F)ccc1[C@H]1C[C@@H](NC(=O)CCCCl)CCN1C(=O)N(C)C(C)c1cc(C(F)(F)F)cc(C(F)(F)F)c1. The predicted octanol–water partition coefficient (Wildman–Crippen LogP) is 7.63. The van der Waals surface area contributed by atoms with E-state index in [9.17, 15) is 40.3 Å². The van der Waals surface area contributed by atoms with E-state index in [1.54, 1.807) is 6.92 Å². The number of hydrogen-bond donors (Lipinski definition) is 1. The highest BCUT2D eigenvalue weighted by molar-refractivity contribution is 6.17. The molecule has 0 aliphatic carbocycles.